The summed E-state index contributed by atoms with van der Waals surface area (Å²) in [6.07, 6.45) is 2.57. The Kier molecular flexibility index (Phi) is 7.57. The summed E-state index contributed by atoms with van der Waals surface area (Å²) in [5.41, 5.74) is 0. The molecule has 3 unspecified atom stereocenters. The van der Waals surface area contributed by atoms with Gasteiger partial charge in [0.1, 0.15) is 12.1 Å². The molecule has 2 amide bonds. The Morgan fingerprint density at radius 3 is 2.43 bits per heavy atom. The fraction of sp³-hybridized carbons (Fsp3) is 0.875. The van der Waals surface area contributed by atoms with Gasteiger partial charge in [-0.2, -0.15) is 11.8 Å². The van der Waals surface area contributed by atoms with Crippen LogP contribution in [0.2, 0.25) is 0 Å². The Bertz CT molecular complexity index is 360. The molecule has 1 fully saturated rings. The van der Waals surface area contributed by atoms with Gasteiger partial charge in [-0.15, -0.1) is 0 Å². The monoisotopic (exact) mass is 314 g/mol. The second-order valence-electron chi connectivity index (χ2n) is 6.12. The zero-order chi connectivity index (χ0) is 16.0. The van der Waals surface area contributed by atoms with Crippen molar-refractivity contribution in [3.63, 3.8) is 0 Å². The van der Waals surface area contributed by atoms with E-state index in [0.29, 0.717) is 0 Å². The largest absolute Gasteiger partial charge is 0.342 e. The molecule has 0 bridgehead atoms. The number of nitrogens with one attached hydrogen (secondary N) is 1. The van der Waals surface area contributed by atoms with Gasteiger partial charge < -0.3 is 10.2 Å². The van der Waals surface area contributed by atoms with Crippen molar-refractivity contribution in [3.05, 3.63) is 0 Å². The standard InChI is InChI=1S/C16H30N2O2S/c1-6-8-13-16(20)18(12(5)9-10-21-7-2)14(11(3)4)15(19)17-13/h11-14H,6-10H2,1-5H3,(H,17,19). The van der Waals surface area contributed by atoms with Crippen LogP contribution >= 0.6 is 11.8 Å². The third kappa shape index (κ3) is 4.63. The highest BCUT2D eigenvalue weighted by Gasteiger charge is 2.43. The van der Waals surface area contributed by atoms with Gasteiger partial charge >= 0.3 is 0 Å². The van der Waals surface area contributed by atoms with Crippen LogP contribution in [0, 0.1) is 5.92 Å². The van der Waals surface area contributed by atoms with Gasteiger partial charge in [0.2, 0.25) is 11.8 Å². The van der Waals surface area contributed by atoms with Crippen LogP contribution < -0.4 is 5.32 Å². The van der Waals surface area contributed by atoms with E-state index in [1.165, 1.54) is 0 Å². The molecule has 0 radical (unpaired) electrons. The summed E-state index contributed by atoms with van der Waals surface area (Å²) in [7, 11) is 0. The summed E-state index contributed by atoms with van der Waals surface area (Å²) in [6.45, 7) is 10.3. The molecule has 0 aromatic rings. The minimum atomic E-state index is -0.334. The Morgan fingerprint density at radius 1 is 1.24 bits per heavy atom. The smallest absolute Gasteiger partial charge is 0.246 e. The lowest BCUT2D eigenvalue weighted by molar-refractivity contribution is -0.154. The Balaban J connectivity index is 2.88. The fourth-order valence-electron chi connectivity index (χ4n) is 2.90. The van der Waals surface area contributed by atoms with Crippen LogP contribution in [0.15, 0.2) is 0 Å². The number of hydrogen-bond donors (Lipinski definition) is 1. The number of carbonyl (C=O) groups is 2. The Morgan fingerprint density at radius 2 is 1.90 bits per heavy atom. The average molecular weight is 314 g/mol. The van der Waals surface area contributed by atoms with Crippen molar-refractivity contribution in [1.82, 2.24) is 10.2 Å². The molecule has 1 aliphatic heterocycles. The van der Waals surface area contributed by atoms with Crippen molar-refractivity contribution >= 4 is 23.6 Å². The molecule has 0 aromatic carbocycles. The summed E-state index contributed by atoms with van der Waals surface area (Å²) in [6, 6.07) is -0.541. The van der Waals surface area contributed by atoms with E-state index in [2.05, 4.69) is 19.2 Å². The number of amides is 2. The van der Waals surface area contributed by atoms with E-state index in [9.17, 15) is 9.59 Å². The molecule has 0 spiro atoms. The molecule has 1 saturated heterocycles. The lowest BCUT2D eigenvalue weighted by atomic mass is 9.93. The Hall–Kier alpha value is -0.710. The van der Waals surface area contributed by atoms with E-state index in [4.69, 9.17) is 0 Å². The molecule has 5 heteroatoms. The summed E-state index contributed by atoms with van der Waals surface area (Å²) < 4.78 is 0. The predicted molar refractivity (Wildman–Crippen MR) is 89.4 cm³/mol. The Labute approximate surface area is 133 Å². The third-order valence-electron chi connectivity index (χ3n) is 4.01. The maximum absolute atomic E-state index is 12.8. The number of thioether (sulfide) groups is 1. The van der Waals surface area contributed by atoms with E-state index in [0.717, 1.165) is 30.8 Å². The van der Waals surface area contributed by atoms with Gasteiger partial charge in [0.05, 0.1) is 0 Å². The summed E-state index contributed by atoms with van der Waals surface area (Å²) >= 11 is 1.88. The van der Waals surface area contributed by atoms with Crippen molar-refractivity contribution < 1.29 is 9.59 Å². The lowest BCUT2D eigenvalue weighted by Crippen LogP contribution is -2.66. The van der Waals surface area contributed by atoms with Crippen LogP contribution in [0.5, 0.6) is 0 Å². The van der Waals surface area contributed by atoms with E-state index in [-0.39, 0.29) is 35.9 Å². The first kappa shape index (κ1) is 18.3. The maximum atomic E-state index is 12.8. The normalized spacial score (nSPS) is 24.4. The molecule has 1 rings (SSSR count). The molecule has 122 valence electrons. The van der Waals surface area contributed by atoms with E-state index < -0.39 is 0 Å². The first-order chi connectivity index (χ1) is 9.93. The van der Waals surface area contributed by atoms with Crippen LogP contribution in [0.1, 0.15) is 53.9 Å². The molecule has 21 heavy (non-hydrogen) atoms. The highest BCUT2D eigenvalue weighted by Crippen LogP contribution is 2.24. The number of piperazine rings is 1. The highest BCUT2D eigenvalue weighted by atomic mass is 32.2. The van der Waals surface area contributed by atoms with Gasteiger partial charge in [-0.1, -0.05) is 34.1 Å². The fourth-order valence-corrected chi connectivity index (χ4v) is 3.70. The number of carbonyl (C=O) groups excluding carboxylic acids is 2. The summed E-state index contributed by atoms with van der Waals surface area (Å²) in [5, 5.41) is 2.92. The van der Waals surface area contributed by atoms with Crippen LogP contribution in [0.25, 0.3) is 0 Å². The van der Waals surface area contributed by atoms with Gasteiger partial charge in [0.25, 0.3) is 0 Å². The molecule has 4 nitrogen and oxygen atoms in total. The van der Waals surface area contributed by atoms with E-state index in [1.54, 1.807) is 0 Å². The zero-order valence-electron chi connectivity index (χ0n) is 14.0. The summed E-state index contributed by atoms with van der Waals surface area (Å²) in [4.78, 5) is 27.0. The second-order valence-corrected chi connectivity index (χ2v) is 7.51. The topological polar surface area (TPSA) is 49.4 Å². The molecule has 1 aliphatic rings. The van der Waals surface area contributed by atoms with Crippen LogP contribution in [0.3, 0.4) is 0 Å². The van der Waals surface area contributed by atoms with Gasteiger partial charge in [0, 0.05) is 6.04 Å². The van der Waals surface area contributed by atoms with Gasteiger partial charge in [-0.05, 0) is 37.2 Å². The van der Waals surface area contributed by atoms with Crippen molar-refractivity contribution in [1.29, 1.82) is 0 Å². The lowest BCUT2D eigenvalue weighted by Gasteiger charge is -2.44. The van der Waals surface area contributed by atoms with Crippen molar-refractivity contribution in [2.75, 3.05) is 11.5 Å². The van der Waals surface area contributed by atoms with Crippen LogP contribution in [0.4, 0.5) is 0 Å². The van der Waals surface area contributed by atoms with Gasteiger partial charge in [-0.3, -0.25) is 9.59 Å². The molecule has 1 N–H and O–H groups in total. The molecule has 1 heterocycles. The highest BCUT2D eigenvalue weighted by molar-refractivity contribution is 7.99. The number of rotatable bonds is 8. The first-order valence-corrected chi connectivity index (χ1v) is 9.29. The zero-order valence-corrected chi connectivity index (χ0v) is 14.8. The summed E-state index contributed by atoms with van der Waals surface area (Å²) in [5.74, 6) is 2.37. The third-order valence-corrected chi connectivity index (χ3v) is 4.94. The van der Waals surface area contributed by atoms with Crippen molar-refractivity contribution in [2.45, 2.75) is 72.0 Å². The van der Waals surface area contributed by atoms with Crippen molar-refractivity contribution in [2.24, 2.45) is 5.92 Å². The molecule has 0 aliphatic carbocycles. The van der Waals surface area contributed by atoms with Gasteiger partial charge in [-0.25, -0.2) is 0 Å². The number of nitrogens with zero attached hydrogens (tertiary/aromatic N) is 1. The molecular formula is C16H30N2O2S. The maximum Gasteiger partial charge on any atom is 0.246 e. The van der Waals surface area contributed by atoms with Gasteiger partial charge in [0.15, 0.2) is 0 Å². The minimum Gasteiger partial charge on any atom is -0.342 e. The quantitative estimate of drug-likeness (QED) is 0.701. The first-order valence-electron chi connectivity index (χ1n) is 8.14. The van der Waals surface area contributed by atoms with Crippen LogP contribution in [-0.2, 0) is 9.59 Å². The van der Waals surface area contributed by atoms with Crippen LogP contribution in [-0.4, -0.2) is 46.3 Å². The average Bonchev–Trinajstić information content (AvgIpc) is 2.42. The molecule has 0 aromatic heterocycles. The van der Waals surface area contributed by atoms with E-state index >= 15 is 0 Å². The van der Waals surface area contributed by atoms with E-state index in [1.807, 2.05) is 37.4 Å². The minimum absolute atomic E-state index is 0.0121. The molecule has 3 atom stereocenters. The van der Waals surface area contributed by atoms with Crippen molar-refractivity contribution in [3.8, 4) is 0 Å². The number of hydrogen-bond acceptors (Lipinski definition) is 3. The molecule has 0 saturated carbocycles. The SMILES string of the molecule is CCCC1NC(=O)C(C(C)C)N(C(C)CCSCC)C1=O. The second kappa shape index (κ2) is 8.66. The molecular weight excluding hydrogens is 284 g/mol. The predicted octanol–water partition coefficient (Wildman–Crippen LogP) is 2.67.